The van der Waals surface area contributed by atoms with Crippen molar-refractivity contribution in [1.29, 1.82) is 0 Å². The molecule has 0 bridgehead atoms. The number of hydrogen-bond acceptors (Lipinski definition) is 3. The van der Waals surface area contributed by atoms with Gasteiger partial charge in [0.25, 0.3) is 0 Å². The van der Waals surface area contributed by atoms with Crippen molar-refractivity contribution in [2.24, 2.45) is 0 Å². The first kappa shape index (κ1) is 15.5. The second kappa shape index (κ2) is 7.78. The molecule has 6 heteroatoms. The minimum atomic E-state index is -1.04. The van der Waals surface area contributed by atoms with Gasteiger partial charge in [-0.2, -0.15) is 0 Å². The topological polar surface area (TPSA) is 75.6 Å². The average Bonchev–Trinajstić information content (AvgIpc) is 2.36. The first-order valence-corrected chi connectivity index (χ1v) is 6.69. The molecule has 0 heterocycles. The van der Waals surface area contributed by atoms with Gasteiger partial charge in [-0.15, -0.1) is 0 Å². The lowest BCUT2D eigenvalue weighted by Crippen LogP contribution is -2.38. The number of nitrogens with one attached hydrogen (secondary N) is 1. The van der Waals surface area contributed by atoms with E-state index in [-0.39, 0.29) is 12.3 Å². The molecule has 19 heavy (non-hydrogen) atoms. The van der Waals surface area contributed by atoms with Crippen molar-refractivity contribution in [3.8, 4) is 5.75 Å². The lowest BCUT2D eigenvalue weighted by molar-refractivity contribution is -0.141. The van der Waals surface area contributed by atoms with Crippen LogP contribution in [0.25, 0.3) is 0 Å². The first-order valence-electron chi connectivity index (χ1n) is 5.89. The van der Waals surface area contributed by atoms with Gasteiger partial charge < -0.3 is 15.2 Å². The Bertz CT molecular complexity index is 433. The zero-order valence-corrected chi connectivity index (χ0v) is 12.1. The molecule has 0 fully saturated rings. The van der Waals surface area contributed by atoms with Crippen molar-refractivity contribution in [2.45, 2.75) is 25.8 Å². The molecule has 0 aliphatic rings. The van der Waals surface area contributed by atoms with Gasteiger partial charge in [-0.1, -0.05) is 15.9 Å². The Hall–Kier alpha value is -1.56. The lowest BCUT2D eigenvalue weighted by atomic mass is 10.2. The first-order chi connectivity index (χ1) is 8.99. The predicted molar refractivity (Wildman–Crippen MR) is 74.1 cm³/mol. The van der Waals surface area contributed by atoms with Crippen LogP contribution in [0, 0.1) is 0 Å². The van der Waals surface area contributed by atoms with E-state index in [1.54, 1.807) is 0 Å². The summed E-state index contributed by atoms with van der Waals surface area (Å²) in [5, 5.41) is 11.0. The third kappa shape index (κ3) is 6.24. The number of carbonyl (C=O) groups is 2. The molecule has 1 aromatic rings. The summed E-state index contributed by atoms with van der Waals surface area (Å²) in [6, 6.07) is 6.54. The molecule has 0 aliphatic heterocycles. The summed E-state index contributed by atoms with van der Waals surface area (Å²) in [6.07, 6.45) is 0.780. The van der Waals surface area contributed by atoms with Gasteiger partial charge in [0.15, 0.2) is 0 Å². The van der Waals surface area contributed by atoms with Gasteiger partial charge in [0.05, 0.1) is 6.61 Å². The average molecular weight is 330 g/mol. The molecule has 1 amide bonds. The Labute approximate surface area is 120 Å². The van der Waals surface area contributed by atoms with E-state index in [9.17, 15) is 9.59 Å². The summed E-state index contributed by atoms with van der Waals surface area (Å²) in [4.78, 5) is 21.9. The molecule has 0 spiro atoms. The Morgan fingerprint density at radius 2 is 2.00 bits per heavy atom. The van der Waals surface area contributed by atoms with E-state index in [0.29, 0.717) is 13.0 Å². The van der Waals surface area contributed by atoms with Crippen molar-refractivity contribution < 1.29 is 19.4 Å². The fraction of sp³-hybridized carbons (Fsp3) is 0.385. The Balaban J connectivity index is 2.18. The van der Waals surface area contributed by atoms with E-state index >= 15 is 0 Å². The molecule has 5 nitrogen and oxygen atoms in total. The number of ether oxygens (including phenoxy) is 1. The highest BCUT2D eigenvalue weighted by atomic mass is 79.9. The van der Waals surface area contributed by atoms with Gasteiger partial charge in [-0.3, -0.25) is 9.59 Å². The molecule has 0 unspecified atom stereocenters. The standard InChI is InChI=1S/C13H16BrNO4/c1-9(13(17)18)15-12(16)3-2-8-19-11-6-4-10(14)5-7-11/h4-7,9H,2-3,8H2,1H3,(H,15,16)(H,17,18)/t9-/m1/s1. The molecular formula is C13H16BrNO4. The molecule has 1 aromatic carbocycles. The summed E-state index contributed by atoms with van der Waals surface area (Å²) in [5.74, 6) is -0.587. The van der Waals surface area contributed by atoms with E-state index in [2.05, 4.69) is 21.2 Å². The zero-order chi connectivity index (χ0) is 14.3. The van der Waals surface area contributed by atoms with E-state index in [4.69, 9.17) is 9.84 Å². The number of benzene rings is 1. The molecule has 0 radical (unpaired) electrons. The quantitative estimate of drug-likeness (QED) is 0.752. The SMILES string of the molecule is C[C@@H](NC(=O)CCCOc1ccc(Br)cc1)C(=O)O. The summed E-state index contributed by atoms with van der Waals surface area (Å²) < 4.78 is 6.42. The number of hydrogen-bond donors (Lipinski definition) is 2. The molecule has 1 rings (SSSR count). The van der Waals surface area contributed by atoms with Crippen LogP contribution in [-0.4, -0.2) is 29.6 Å². The number of carboxylic acids is 1. The van der Waals surface area contributed by atoms with Crippen LogP contribution in [0.3, 0.4) is 0 Å². The zero-order valence-electron chi connectivity index (χ0n) is 10.6. The number of carboxylic acid groups (broad SMARTS) is 1. The number of carbonyl (C=O) groups excluding carboxylic acids is 1. The van der Waals surface area contributed by atoms with Crippen LogP contribution in [-0.2, 0) is 9.59 Å². The number of aliphatic carboxylic acids is 1. The molecule has 2 N–H and O–H groups in total. The lowest BCUT2D eigenvalue weighted by Gasteiger charge is -2.09. The maximum Gasteiger partial charge on any atom is 0.325 e. The summed E-state index contributed by atoms with van der Waals surface area (Å²) in [6.45, 7) is 1.84. The fourth-order valence-corrected chi connectivity index (χ4v) is 1.59. The van der Waals surface area contributed by atoms with Crippen LogP contribution in [0.4, 0.5) is 0 Å². The maximum atomic E-state index is 11.4. The fourth-order valence-electron chi connectivity index (χ4n) is 1.33. The van der Waals surface area contributed by atoms with Crippen molar-refractivity contribution in [2.75, 3.05) is 6.61 Å². The molecule has 0 aliphatic carbocycles. The Morgan fingerprint density at radius 1 is 1.37 bits per heavy atom. The van der Waals surface area contributed by atoms with Gasteiger partial charge >= 0.3 is 5.97 Å². The van der Waals surface area contributed by atoms with Crippen LogP contribution in [0.1, 0.15) is 19.8 Å². The minimum absolute atomic E-state index is 0.244. The van der Waals surface area contributed by atoms with Gasteiger partial charge in [0.2, 0.25) is 5.91 Å². The minimum Gasteiger partial charge on any atom is -0.494 e. The van der Waals surface area contributed by atoms with Crippen molar-refractivity contribution in [3.05, 3.63) is 28.7 Å². The number of halogens is 1. The van der Waals surface area contributed by atoms with E-state index in [1.165, 1.54) is 6.92 Å². The van der Waals surface area contributed by atoms with Gasteiger partial charge in [0, 0.05) is 10.9 Å². The van der Waals surface area contributed by atoms with Crippen molar-refractivity contribution in [3.63, 3.8) is 0 Å². The normalized spacial score (nSPS) is 11.7. The number of rotatable bonds is 7. The molecule has 0 saturated heterocycles. The van der Waals surface area contributed by atoms with E-state index < -0.39 is 12.0 Å². The van der Waals surface area contributed by atoms with Crippen molar-refractivity contribution >= 4 is 27.8 Å². The molecule has 104 valence electrons. The Morgan fingerprint density at radius 3 is 2.58 bits per heavy atom. The third-order valence-corrected chi connectivity index (χ3v) is 2.91. The van der Waals surface area contributed by atoms with Crippen LogP contribution >= 0.6 is 15.9 Å². The summed E-state index contributed by atoms with van der Waals surface area (Å²) >= 11 is 3.32. The van der Waals surface area contributed by atoms with E-state index in [0.717, 1.165) is 10.2 Å². The second-order valence-electron chi connectivity index (χ2n) is 4.03. The smallest absolute Gasteiger partial charge is 0.325 e. The monoisotopic (exact) mass is 329 g/mol. The van der Waals surface area contributed by atoms with Gasteiger partial charge in [-0.25, -0.2) is 0 Å². The molecule has 0 saturated carbocycles. The Kier molecular flexibility index (Phi) is 6.35. The highest BCUT2D eigenvalue weighted by Crippen LogP contribution is 2.16. The van der Waals surface area contributed by atoms with Gasteiger partial charge in [0.1, 0.15) is 11.8 Å². The molecule has 1 atom stereocenters. The highest BCUT2D eigenvalue weighted by Gasteiger charge is 2.13. The third-order valence-electron chi connectivity index (χ3n) is 2.38. The predicted octanol–water partition coefficient (Wildman–Crippen LogP) is 2.20. The van der Waals surface area contributed by atoms with Crippen LogP contribution < -0.4 is 10.1 Å². The number of amides is 1. The summed E-state index contributed by atoms with van der Waals surface area (Å²) in [5.41, 5.74) is 0. The molecule has 0 aromatic heterocycles. The highest BCUT2D eigenvalue weighted by molar-refractivity contribution is 9.10. The van der Waals surface area contributed by atoms with Crippen LogP contribution in [0.2, 0.25) is 0 Å². The maximum absolute atomic E-state index is 11.4. The second-order valence-corrected chi connectivity index (χ2v) is 4.95. The summed E-state index contributed by atoms with van der Waals surface area (Å²) in [7, 11) is 0. The van der Waals surface area contributed by atoms with Crippen molar-refractivity contribution in [1.82, 2.24) is 5.32 Å². The van der Waals surface area contributed by atoms with Crippen LogP contribution in [0.5, 0.6) is 5.75 Å². The molecular weight excluding hydrogens is 314 g/mol. The van der Waals surface area contributed by atoms with Crippen LogP contribution in [0.15, 0.2) is 28.7 Å². The largest absolute Gasteiger partial charge is 0.494 e. The van der Waals surface area contributed by atoms with Gasteiger partial charge in [-0.05, 0) is 37.6 Å². The van der Waals surface area contributed by atoms with E-state index in [1.807, 2.05) is 24.3 Å².